The fourth-order valence-electron chi connectivity index (χ4n) is 7.92. The molecule has 0 bridgehead atoms. The Hall–Kier alpha value is -7.23. The summed E-state index contributed by atoms with van der Waals surface area (Å²) in [6.07, 6.45) is -1.82. The van der Waals surface area contributed by atoms with Crippen molar-refractivity contribution < 1.29 is 105 Å². The lowest BCUT2D eigenvalue weighted by molar-refractivity contribution is -0.126. The largest absolute Gasteiger partial charge is 0.444 e. The molecule has 0 aromatic carbocycles. The van der Waals surface area contributed by atoms with Gasteiger partial charge in [0.1, 0.15) is 35.6 Å². The van der Waals surface area contributed by atoms with Crippen LogP contribution in [0, 0.1) is 0 Å². The third-order valence-electron chi connectivity index (χ3n) is 12.3. The monoisotopic (exact) mass is 1470 g/mol. The summed E-state index contributed by atoms with van der Waals surface area (Å²) < 4.78 is 64.8. The Labute approximate surface area is 601 Å². The van der Waals surface area contributed by atoms with Gasteiger partial charge in [0.25, 0.3) is 0 Å². The molecule has 0 aromatic rings. The maximum atomic E-state index is 13.1. The van der Waals surface area contributed by atoms with Crippen LogP contribution in [0.5, 0.6) is 0 Å². The predicted molar refractivity (Wildman–Crippen MR) is 374 cm³/mol. The molecule has 10 N–H and O–H groups in total. The standard InChI is InChI=1S/C64H122N16O22/c1-61(2,3)99-57(87)72-19-28-79(29-20-73-58(88)100-62(4,5)6)47-53(83)70-23-33-92-42-44-97-49-55(85)68-17-26-78(46-52(82)67-16-13-15-66-51(81)14-32-91-36-38-95-40-41-96-39-37-94-35-25-76-77-65)27-18-69-56(86)50-98-45-43-93-34-24-71-54(84)48-80(30-21-74-59(89)101-63(7,8)9)31-22-75-60(90)102-64(10,11)12/h13-50H2,1-12H3,(H,66,81)(H,67,82)(H,68,85)(H,69,86)(H,70,83)(H,71,84)(H,72,87)(H,73,88)(H,74,89)(H,75,90). The van der Waals surface area contributed by atoms with Crippen LogP contribution in [0.3, 0.4) is 0 Å². The summed E-state index contributed by atoms with van der Waals surface area (Å²) in [5.74, 6) is -2.03. The molecule has 0 rings (SSSR count). The molecular formula is C64H122N16O22. The van der Waals surface area contributed by atoms with Crippen LogP contribution in [0.15, 0.2) is 5.11 Å². The van der Waals surface area contributed by atoms with Crippen molar-refractivity contribution in [1.29, 1.82) is 0 Å². The van der Waals surface area contributed by atoms with Gasteiger partial charge in [-0.15, -0.1) is 0 Å². The minimum absolute atomic E-state index is 0.0390. The zero-order valence-electron chi connectivity index (χ0n) is 62.5. The molecule has 590 valence electrons. The van der Waals surface area contributed by atoms with Gasteiger partial charge < -0.3 is 110 Å². The number of nitrogens with zero attached hydrogens (tertiary/aromatic N) is 6. The van der Waals surface area contributed by atoms with Crippen LogP contribution in [-0.4, -0.2) is 334 Å². The Morgan fingerprint density at radius 2 is 0.559 bits per heavy atom. The van der Waals surface area contributed by atoms with E-state index in [2.05, 4.69) is 63.2 Å². The molecule has 102 heavy (non-hydrogen) atoms. The maximum absolute atomic E-state index is 13.1. The molecule has 0 saturated heterocycles. The molecule has 0 unspecified atom stereocenters. The van der Waals surface area contributed by atoms with E-state index in [0.717, 1.165) is 0 Å². The summed E-state index contributed by atoms with van der Waals surface area (Å²) in [5.41, 5.74) is 5.51. The van der Waals surface area contributed by atoms with Crippen LogP contribution in [0.4, 0.5) is 19.2 Å². The van der Waals surface area contributed by atoms with Crippen molar-refractivity contribution in [2.75, 3.05) is 237 Å². The summed E-state index contributed by atoms with van der Waals surface area (Å²) in [6.45, 7) is 27.3. The van der Waals surface area contributed by atoms with E-state index in [1.807, 2.05) is 0 Å². The van der Waals surface area contributed by atoms with Crippen molar-refractivity contribution in [2.45, 2.75) is 118 Å². The normalized spacial score (nSPS) is 11.6. The minimum Gasteiger partial charge on any atom is -0.444 e. The Morgan fingerprint density at radius 3 is 0.873 bits per heavy atom. The quantitative estimate of drug-likeness (QED) is 0.0125. The van der Waals surface area contributed by atoms with Crippen LogP contribution < -0.4 is 53.2 Å². The van der Waals surface area contributed by atoms with Crippen molar-refractivity contribution in [1.82, 2.24) is 67.9 Å². The molecule has 0 heterocycles. The van der Waals surface area contributed by atoms with Gasteiger partial charge in [-0.3, -0.25) is 43.5 Å². The molecule has 0 aromatic heterocycles. The van der Waals surface area contributed by atoms with Crippen LogP contribution in [0.1, 0.15) is 95.9 Å². The van der Waals surface area contributed by atoms with Crippen LogP contribution in [0.25, 0.3) is 10.4 Å². The van der Waals surface area contributed by atoms with Gasteiger partial charge in [0.05, 0.1) is 112 Å². The molecule has 10 amide bonds. The van der Waals surface area contributed by atoms with Gasteiger partial charge in [-0.05, 0) is 95.0 Å². The number of rotatable bonds is 59. The Kier molecular flexibility index (Phi) is 54.1. The fourth-order valence-corrected chi connectivity index (χ4v) is 7.92. The van der Waals surface area contributed by atoms with Crippen molar-refractivity contribution in [3.8, 4) is 0 Å². The zero-order valence-corrected chi connectivity index (χ0v) is 62.5. The average Bonchev–Trinajstić information content (AvgIpc) is 0.992. The third-order valence-corrected chi connectivity index (χ3v) is 12.3. The number of azide groups is 1. The predicted octanol–water partition coefficient (Wildman–Crippen LogP) is -0.0883. The zero-order chi connectivity index (χ0) is 76.3. The van der Waals surface area contributed by atoms with Gasteiger partial charge in [-0.2, -0.15) is 0 Å². The number of ether oxygens (including phenoxy) is 12. The number of alkyl carbamates (subject to hydrolysis) is 4. The van der Waals surface area contributed by atoms with Crippen molar-refractivity contribution >= 4 is 59.8 Å². The smallest absolute Gasteiger partial charge is 0.407 e. The molecule has 0 radical (unpaired) electrons. The number of carbonyl (C=O) groups excluding carboxylic acids is 10. The summed E-state index contributed by atoms with van der Waals surface area (Å²) in [7, 11) is 0. The topological polar surface area (TPSA) is 460 Å². The molecule has 0 aliphatic carbocycles. The Morgan fingerprint density at radius 1 is 0.304 bits per heavy atom. The first-order valence-corrected chi connectivity index (χ1v) is 34.5. The Bertz CT molecular complexity index is 2220. The maximum Gasteiger partial charge on any atom is 0.407 e. The van der Waals surface area contributed by atoms with E-state index in [9.17, 15) is 47.9 Å². The number of hydrogen-bond acceptors (Lipinski definition) is 26. The van der Waals surface area contributed by atoms with E-state index < -0.39 is 58.6 Å². The van der Waals surface area contributed by atoms with Crippen molar-refractivity contribution in [2.24, 2.45) is 5.11 Å². The fraction of sp³-hybridized carbons (Fsp3) is 0.844. The molecule has 0 aliphatic heterocycles. The van der Waals surface area contributed by atoms with Crippen molar-refractivity contribution in [3.05, 3.63) is 10.4 Å². The highest BCUT2D eigenvalue weighted by Gasteiger charge is 2.22. The van der Waals surface area contributed by atoms with Crippen LogP contribution >= 0.6 is 0 Å². The van der Waals surface area contributed by atoms with E-state index in [-0.39, 0.29) is 214 Å². The second kappa shape index (κ2) is 58.2. The second-order valence-electron chi connectivity index (χ2n) is 26.5. The molecule has 38 nitrogen and oxygen atoms in total. The van der Waals surface area contributed by atoms with E-state index in [0.29, 0.717) is 59.2 Å². The van der Waals surface area contributed by atoms with Gasteiger partial charge in [0.15, 0.2) is 0 Å². The first-order chi connectivity index (χ1) is 48.2. The highest BCUT2D eigenvalue weighted by atomic mass is 16.6. The Balaban J connectivity index is 5.07. The highest BCUT2D eigenvalue weighted by molar-refractivity contribution is 5.80. The van der Waals surface area contributed by atoms with Gasteiger partial charge in [-0.1, -0.05) is 5.11 Å². The van der Waals surface area contributed by atoms with Gasteiger partial charge in [0, 0.05) is 123 Å². The van der Waals surface area contributed by atoms with E-state index in [4.69, 9.17) is 62.4 Å². The lowest BCUT2D eigenvalue weighted by Gasteiger charge is -2.24. The lowest BCUT2D eigenvalue weighted by Crippen LogP contribution is -2.45. The number of hydrogen-bond donors (Lipinski definition) is 10. The summed E-state index contributed by atoms with van der Waals surface area (Å²) in [5, 5.41) is 30.7. The number of amides is 10. The summed E-state index contributed by atoms with van der Waals surface area (Å²) in [4.78, 5) is 133. The van der Waals surface area contributed by atoms with Gasteiger partial charge >= 0.3 is 24.4 Å². The van der Waals surface area contributed by atoms with Crippen LogP contribution in [-0.2, 0) is 85.6 Å². The molecule has 0 fully saturated rings. The second-order valence-corrected chi connectivity index (χ2v) is 26.5. The molecule has 0 spiro atoms. The van der Waals surface area contributed by atoms with Crippen molar-refractivity contribution in [3.63, 3.8) is 0 Å². The minimum atomic E-state index is -0.685. The lowest BCUT2D eigenvalue weighted by atomic mass is 10.2. The van der Waals surface area contributed by atoms with Gasteiger partial charge in [0.2, 0.25) is 35.4 Å². The third kappa shape index (κ3) is 67.3. The molecule has 0 atom stereocenters. The SMILES string of the molecule is CC(C)(C)OC(=O)NCCN(CCNC(=O)OC(C)(C)C)CC(=O)NCCOCCOCC(=O)NCCN(CCNC(=O)COCCOCCNC(=O)CN(CCNC(=O)OC(C)(C)C)CCNC(=O)OC(C)(C)C)CC(=O)NCCCNC(=O)CCOCCOCCOCCOCCN=[N+]=[N-]. The molecule has 0 aliphatic rings. The number of nitrogens with one attached hydrogen (secondary N) is 10. The molecular weight excluding hydrogens is 1340 g/mol. The van der Waals surface area contributed by atoms with Gasteiger partial charge in [-0.25, -0.2) is 19.2 Å². The van der Waals surface area contributed by atoms with E-state index in [1.54, 1.807) is 97.8 Å². The van der Waals surface area contributed by atoms with E-state index >= 15 is 0 Å². The first-order valence-electron chi connectivity index (χ1n) is 34.5. The average molecular weight is 1470 g/mol. The number of carbonyl (C=O) groups is 10. The first kappa shape index (κ1) is 94.8. The summed E-state index contributed by atoms with van der Waals surface area (Å²) >= 11 is 0. The molecule has 0 saturated carbocycles. The molecule has 38 heteroatoms. The van der Waals surface area contributed by atoms with E-state index in [1.165, 1.54) is 0 Å². The van der Waals surface area contributed by atoms with Crippen LogP contribution in [0.2, 0.25) is 0 Å². The highest BCUT2D eigenvalue weighted by Crippen LogP contribution is 2.09. The summed E-state index contributed by atoms with van der Waals surface area (Å²) in [6, 6.07) is 0.